The predicted octanol–water partition coefficient (Wildman–Crippen LogP) is 4.11. The highest BCUT2D eigenvalue weighted by Gasteiger charge is 1.97. The summed E-state index contributed by atoms with van der Waals surface area (Å²) in [6, 6.07) is 18.9. The fourth-order valence-electron chi connectivity index (χ4n) is 2.29. The van der Waals surface area contributed by atoms with Crippen LogP contribution in [-0.4, -0.2) is 19.7 Å². The lowest BCUT2D eigenvalue weighted by Gasteiger charge is -2.08. The minimum absolute atomic E-state index is 0.697. The Balaban J connectivity index is 1.40. The van der Waals surface area contributed by atoms with Crippen LogP contribution >= 0.6 is 11.3 Å². The van der Waals surface area contributed by atoms with E-state index in [1.807, 2.05) is 17.4 Å². The highest BCUT2D eigenvalue weighted by atomic mass is 32.1. The molecule has 1 heterocycles. The molecule has 0 saturated carbocycles. The van der Waals surface area contributed by atoms with Gasteiger partial charge in [0.25, 0.3) is 0 Å². The van der Waals surface area contributed by atoms with Crippen LogP contribution in [0.25, 0.3) is 10.8 Å². The van der Waals surface area contributed by atoms with Crippen LogP contribution in [0, 0.1) is 0 Å². The van der Waals surface area contributed by atoms with E-state index in [1.165, 1.54) is 15.6 Å². The minimum atomic E-state index is 0.697. The zero-order chi connectivity index (χ0) is 14.3. The summed E-state index contributed by atoms with van der Waals surface area (Å²) in [6.45, 7) is 2.57. The molecule has 21 heavy (non-hydrogen) atoms. The van der Waals surface area contributed by atoms with Crippen molar-refractivity contribution in [2.24, 2.45) is 0 Å². The highest BCUT2D eigenvalue weighted by molar-refractivity contribution is 7.09. The average Bonchev–Trinajstić information content (AvgIpc) is 3.04. The number of thiophene rings is 1. The van der Waals surface area contributed by atoms with Crippen LogP contribution in [0.3, 0.4) is 0 Å². The Labute approximate surface area is 129 Å². The first-order valence-electron chi connectivity index (χ1n) is 7.26. The summed E-state index contributed by atoms with van der Waals surface area (Å²) in [5.74, 6) is 0.939. The van der Waals surface area contributed by atoms with Crippen molar-refractivity contribution >= 4 is 22.1 Å². The molecule has 0 amide bonds. The summed E-state index contributed by atoms with van der Waals surface area (Å²) in [6.07, 6.45) is 1.09. The van der Waals surface area contributed by atoms with Crippen molar-refractivity contribution in [1.29, 1.82) is 0 Å². The SMILES string of the molecule is c1csc(CCNCCOc2ccc3ccccc3c2)c1. The first-order chi connectivity index (χ1) is 10.4. The Morgan fingerprint density at radius 2 is 1.81 bits per heavy atom. The van der Waals surface area contributed by atoms with Crippen LogP contribution < -0.4 is 10.1 Å². The second kappa shape index (κ2) is 7.25. The van der Waals surface area contributed by atoms with Gasteiger partial charge in [0.1, 0.15) is 12.4 Å². The highest BCUT2D eigenvalue weighted by Crippen LogP contribution is 2.20. The summed E-state index contributed by atoms with van der Waals surface area (Å²) in [5.41, 5.74) is 0. The molecule has 0 spiro atoms. The van der Waals surface area contributed by atoms with E-state index in [0.29, 0.717) is 6.61 Å². The van der Waals surface area contributed by atoms with E-state index in [0.717, 1.165) is 25.3 Å². The first kappa shape index (κ1) is 14.1. The van der Waals surface area contributed by atoms with Gasteiger partial charge < -0.3 is 10.1 Å². The van der Waals surface area contributed by atoms with Crippen molar-refractivity contribution in [1.82, 2.24) is 5.32 Å². The molecule has 0 aliphatic carbocycles. The van der Waals surface area contributed by atoms with Crippen molar-refractivity contribution in [3.8, 4) is 5.75 Å². The van der Waals surface area contributed by atoms with Crippen LogP contribution in [0.15, 0.2) is 60.0 Å². The van der Waals surface area contributed by atoms with Crippen LogP contribution in [-0.2, 0) is 6.42 Å². The third-order valence-corrected chi connectivity index (χ3v) is 4.33. The van der Waals surface area contributed by atoms with E-state index in [2.05, 4.69) is 59.2 Å². The Morgan fingerprint density at radius 3 is 2.67 bits per heavy atom. The Morgan fingerprint density at radius 1 is 0.905 bits per heavy atom. The molecule has 3 aromatic rings. The third-order valence-electron chi connectivity index (χ3n) is 3.40. The van der Waals surface area contributed by atoms with Crippen LogP contribution in [0.5, 0.6) is 5.75 Å². The topological polar surface area (TPSA) is 21.3 Å². The van der Waals surface area contributed by atoms with E-state index in [4.69, 9.17) is 4.74 Å². The molecule has 0 fully saturated rings. The van der Waals surface area contributed by atoms with Crippen LogP contribution in [0.4, 0.5) is 0 Å². The van der Waals surface area contributed by atoms with Crippen LogP contribution in [0.2, 0.25) is 0 Å². The molecule has 2 nitrogen and oxygen atoms in total. The lowest BCUT2D eigenvalue weighted by Crippen LogP contribution is -2.23. The summed E-state index contributed by atoms with van der Waals surface area (Å²) < 4.78 is 5.79. The maximum absolute atomic E-state index is 5.79. The molecular weight excluding hydrogens is 278 g/mol. The second-order valence-electron chi connectivity index (χ2n) is 4.94. The van der Waals surface area contributed by atoms with Crippen molar-refractivity contribution in [3.05, 3.63) is 64.9 Å². The molecule has 0 atom stereocenters. The molecule has 0 radical (unpaired) electrons. The lowest BCUT2D eigenvalue weighted by molar-refractivity contribution is 0.315. The fourth-order valence-corrected chi connectivity index (χ4v) is 3.00. The zero-order valence-corrected chi connectivity index (χ0v) is 12.7. The molecule has 0 unspecified atom stereocenters. The second-order valence-corrected chi connectivity index (χ2v) is 5.97. The summed E-state index contributed by atoms with van der Waals surface area (Å²) in [5, 5.41) is 8.01. The van der Waals surface area contributed by atoms with Gasteiger partial charge in [0, 0.05) is 18.0 Å². The predicted molar refractivity (Wildman–Crippen MR) is 90.3 cm³/mol. The van der Waals surface area contributed by atoms with Gasteiger partial charge in [-0.05, 0) is 40.8 Å². The van der Waals surface area contributed by atoms with E-state index in [1.54, 1.807) is 0 Å². The quantitative estimate of drug-likeness (QED) is 0.663. The van der Waals surface area contributed by atoms with E-state index in [-0.39, 0.29) is 0 Å². The van der Waals surface area contributed by atoms with Crippen molar-refractivity contribution in [2.45, 2.75) is 6.42 Å². The molecule has 0 aliphatic heterocycles. The van der Waals surface area contributed by atoms with Crippen molar-refractivity contribution in [2.75, 3.05) is 19.7 Å². The molecule has 2 aromatic carbocycles. The summed E-state index contributed by atoms with van der Waals surface area (Å²) >= 11 is 1.81. The van der Waals surface area contributed by atoms with Gasteiger partial charge in [-0.3, -0.25) is 0 Å². The smallest absolute Gasteiger partial charge is 0.120 e. The molecule has 0 bridgehead atoms. The number of rotatable bonds is 7. The molecule has 3 heteroatoms. The number of benzene rings is 2. The van der Waals surface area contributed by atoms with Gasteiger partial charge in [-0.1, -0.05) is 36.4 Å². The average molecular weight is 297 g/mol. The number of hydrogen-bond donors (Lipinski definition) is 1. The standard InChI is InChI=1S/C18H19NOS/c1-2-5-16-14-17(8-7-15(16)4-1)20-12-11-19-10-9-18-6-3-13-21-18/h1-8,13-14,19H,9-12H2. The van der Waals surface area contributed by atoms with Crippen molar-refractivity contribution in [3.63, 3.8) is 0 Å². The molecule has 0 saturated heterocycles. The van der Waals surface area contributed by atoms with Gasteiger partial charge in [-0.2, -0.15) is 0 Å². The third kappa shape index (κ3) is 4.06. The van der Waals surface area contributed by atoms with Gasteiger partial charge >= 0.3 is 0 Å². The van der Waals surface area contributed by atoms with Gasteiger partial charge in [-0.15, -0.1) is 11.3 Å². The normalized spacial score (nSPS) is 10.9. The van der Waals surface area contributed by atoms with Crippen LogP contribution in [0.1, 0.15) is 4.88 Å². The molecule has 3 rings (SSSR count). The number of ether oxygens (including phenoxy) is 1. The van der Waals surface area contributed by atoms with Gasteiger partial charge in [0.2, 0.25) is 0 Å². The Kier molecular flexibility index (Phi) is 4.87. The lowest BCUT2D eigenvalue weighted by atomic mass is 10.1. The van der Waals surface area contributed by atoms with E-state index < -0.39 is 0 Å². The summed E-state index contributed by atoms with van der Waals surface area (Å²) in [4.78, 5) is 1.43. The number of fused-ring (bicyclic) bond motifs is 1. The van der Waals surface area contributed by atoms with Gasteiger partial charge in [-0.25, -0.2) is 0 Å². The maximum Gasteiger partial charge on any atom is 0.120 e. The number of nitrogens with one attached hydrogen (secondary N) is 1. The Bertz CT molecular complexity index is 679. The molecule has 108 valence electrons. The van der Waals surface area contributed by atoms with Gasteiger partial charge in [0.05, 0.1) is 0 Å². The monoisotopic (exact) mass is 297 g/mol. The van der Waals surface area contributed by atoms with Gasteiger partial charge in [0.15, 0.2) is 0 Å². The molecule has 1 aromatic heterocycles. The number of hydrogen-bond acceptors (Lipinski definition) is 3. The molecule has 0 aliphatic rings. The van der Waals surface area contributed by atoms with E-state index >= 15 is 0 Å². The summed E-state index contributed by atoms with van der Waals surface area (Å²) in [7, 11) is 0. The zero-order valence-electron chi connectivity index (χ0n) is 11.9. The first-order valence-corrected chi connectivity index (χ1v) is 8.14. The Hall–Kier alpha value is -1.84. The molecule has 1 N–H and O–H groups in total. The molecular formula is C18H19NOS. The minimum Gasteiger partial charge on any atom is -0.492 e. The van der Waals surface area contributed by atoms with E-state index in [9.17, 15) is 0 Å². The van der Waals surface area contributed by atoms with Crippen molar-refractivity contribution < 1.29 is 4.74 Å². The maximum atomic E-state index is 5.79. The largest absolute Gasteiger partial charge is 0.492 e. The fraction of sp³-hybridized carbons (Fsp3) is 0.222.